The monoisotopic (exact) mass is 301 g/mol. The zero-order valence-electron chi connectivity index (χ0n) is 10.6. The van der Waals surface area contributed by atoms with Gasteiger partial charge in [-0.3, -0.25) is 0 Å². The summed E-state index contributed by atoms with van der Waals surface area (Å²) >= 11 is 3.43. The topological polar surface area (TPSA) is 53.1 Å². The molecule has 0 aliphatic carbocycles. The maximum Gasteiger partial charge on any atom is 0.224 e. The molecule has 96 valence electrons. The fourth-order valence-electron chi connectivity index (χ4n) is 1.37. The molecule has 0 unspecified atom stereocenters. The summed E-state index contributed by atoms with van der Waals surface area (Å²) in [6.45, 7) is 2.04. The number of halogens is 1. The number of nitrogens with one attached hydrogen (secondary N) is 2. The van der Waals surface area contributed by atoms with Crippen molar-refractivity contribution >= 4 is 27.7 Å². The molecule has 1 aromatic heterocycles. The third kappa shape index (κ3) is 5.32. The van der Waals surface area contributed by atoms with Gasteiger partial charge in [0.25, 0.3) is 0 Å². The van der Waals surface area contributed by atoms with Gasteiger partial charge in [0.1, 0.15) is 5.82 Å². The van der Waals surface area contributed by atoms with Crippen LogP contribution < -0.4 is 10.6 Å². The Kier molecular flexibility index (Phi) is 6.21. The number of anilines is 2. The summed E-state index contributed by atoms with van der Waals surface area (Å²) in [4.78, 5) is 10.6. The van der Waals surface area contributed by atoms with Crippen molar-refractivity contribution in [2.45, 2.75) is 12.8 Å². The standard InChI is InChI=1S/C11H20BrN5/c1-13-11-15-8-9(12)10(16-11)14-6-4-5-7-17(2)3/h8H,4-7H2,1-3H3,(H2,13,14,15,16). The zero-order valence-corrected chi connectivity index (χ0v) is 12.2. The van der Waals surface area contributed by atoms with Gasteiger partial charge in [0.2, 0.25) is 5.95 Å². The lowest BCUT2D eigenvalue weighted by molar-refractivity contribution is 0.396. The predicted octanol–water partition coefficient (Wildman–Crippen LogP) is 2.03. The molecular weight excluding hydrogens is 282 g/mol. The molecule has 0 aliphatic rings. The third-order valence-corrected chi connectivity index (χ3v) is 2.87. The lowest BCUT2D eigenvalue weighted by Crippen LogP contribution is -2.14. The van der Waals surface area contributed by atoms with Crippen molar-refractivity contribution in [2.75, 3.05) is 44.9 Å². The molecule has 2 N–H and O–H groups in total. The Labute approximate surface area is 111 Å². The number of rotatable bonds is 7. The van der Waals surface area contributed by atoms with E-state index in [2.05, 4.69) is 55.5 Å². The van der Waals surface area contributed by atoms with Crippen molar-refractivity contribution in [2.24, 2.45) is 0 Å². The minimum atomic E-state index is 0.629. The van der Waals surface area contributed by atoms with Gasteiger partial charge in [0.05, 0.1) is 4.47 Å². The minimum absolute atomic E-state index is 0.629. The first kappa shape index (κ1) is 14.2. The first-order valence-corrected chi connectivity index (χ1v) is 6.51. The first-order valence-electron chi connectivity index (χ1n) is 5.72. The third-order valence-electron chi connectivity index (χ3n) is 2.29. The van der Waals surface area contributed by atoms with E-state index in [1.165, 1.54) is 6.42 Å². The molecule has 5 nitrogen and oxygen atoms in total. The average molecular weight is 302 g/mol. The normalized spacial score (nSPS) is 10.6. The summed E-state index contributed by atoms with van der Waals surface area (Å²) in [6.07, 6.45) is 4.06. The van der Waals surface area contributed by atoms with Crippen LogP contribution in [0.5, 0.6) is 0 Å². The largest absolute Gasteiger partial charge is 0.369 e. The number of hydrogen-bond donors (Lipinski definition) is 2. The summed E-state index contributed by atoms with van der Waals surface area (Å²) in [7, 11) is 5.99. The second kappa shape index (κ2) is 7.45. The van der Waals surface area contributed by atoms with Crippen LogP contribution in [0.1, 0.15) is 12.8 Å². The Morgan fingerprint density at radius 2 is 2.12 bits per heavy atom. The van der Waals surface area contributed by atoms with Gasteiger partial charge in [-0.15, -0.1) is 0 Å². The fourth-order valence-corrected chi connectivity index (χ4v) is 1.70. The molecule has 0 bridgehead atoms. The lowest BCUT2D eigenvalue weighted by Gasteiger charge is -2.11. The molecule has 6 heteroatoms. The number of unbranched alkanes of at least 4 members (excludes halogenated alkanes) is 1. The maximum atomic E-state index is 4.33. The fraction of sp³-hybridized carbons (Fsp3) is 0.636. The molecule has 17 heavy (non-hydrogen) atoms. The first-order chi connectivity index (χ1) is 8.13. The van der Waals surface area contributed by atoms with Gasteiger partial charge in [-0.2, -0.15) is 4.98 Å². The number of nitrogens with zero attached hydrogens (tertiary/aromatic N) is 3. The Hall–Kier alpha value is -0.880. The molecule has 0 atom stereocenters. The van der Waals surface area contributed by atoms with Crippen LogP contribution in [0.15, 0.2) is 10.7 Å². The summed E-state index contributed by atoms with van der Waals surface area (Å²) < 4.78 is 0.893. The van der Waals surface area contributed by atoms with E-state index in [0.29, 0.717) is 5.95 Å². The molecule has 0 saturated carbocycles. The van der Waals surface area contributed by atoms with Crippen molar-refractivity contribution in [1.29, 1.82) is 0 Å². The molecule has 1 rings (SSSR count). The highest BCUT2D eigenvalue weighted by Crippen LogP contribution is 2.19. The van der Waals surface area contributed by atoms with Gasteiger partial charge in [-0.1, -0.05) is 0 Å². The highest BCUT2D eigenvalue weighted by atomic mass is 79.9. The van der Waals surface area contributed by atoms with Crippen molar-refractivity contribution < 1.29 is 0 Å². The van der Waals surface area contributed by atoms with E-state index in [9.17, 15) is 0 Å². The molecule has 0 spiro atoms. The Morgan fingerprint density at radius 3 is 2.76 bits per heavy atom. The van der Waals surface area contributed by atoms with Crippen LogP contribution >= 0.6 is 15.9 Å². The number of hydrogen-bond acceptors (Lipinski definition) is 5. The van der Waals surface area contributed by atoms with Gasteiger partial charge in [-0.05, 0) is 49.4 Å². The van der Waals surface area contributed by atoms with Gasteiger partial charge in [0, 0.05) is 19.8 Å². The van der Waals surface area contributed by atoms with Gasteiger partial charge in [-0.25, -0.2) is 4.98 Å². The van der Waals surface area contributed by atoms with E-state index in [-0.39, 0.29) is 0 Å². The Balaban J connectivity index is 2.35. The van der Waals surface area contributed by atoms with E-state index in [1.807, 2.05) is 7.05 Å². The van der Waals surface area contributed by atoms with Crippen LogP contribution in [-0.2, 0) is 0 Å². The van der Waals surface area contributed by atoms with E-state index in [0.717, 1.165) is 29.8 Å². The molecule has 0 radical (unpaired) electrons. The second-order valence-corrected chi connectivity index (χ2v) is 4.93. The SMILES string of the molecule is CNc1ncc(Br)c(NCCCCN(C)C)n1. The summed E-state index contributed by atoms with van der Waals surface area (Å²) in [6, 6.07) is 0. The van der Waals surface area contributed by atoms with Gasteiger partial charge in [0.15, 0.2) is 0 Å². The van der Waals surface area contributed by atoms with Crippen LogP contribution in [0, 0.1) is 0 Å². The van der Waals surface area contributed by atoms with Crippen LogP contribution in [0.4, 0.5) is 11.8 Å². The van der Waals surface area contributed by atoms with E-state index < -0.39 is 0 Å². The minimum Gasteiger partial charge on any atom is -0.369 e. The van der Waals surface area contributed by atoms with Crippen molar-refractivity contribution in [3.8, 4) is 0 Å². The van der Waals surface area contributed by atoms with Gasteiger partial charge < -0.3 is 15.5 Å². The smallest absolute Gasteiger partial charge is 0.224 e. The summed E-state index contributed by atoms with van der Waals surface area (Å²) in [5, 5.41) is 6.23. The zero-order chi connectivity index (χ0) is 12.7. The molecule has 0 aliphatic heterocycles. The lowest BCUT2D eigenvalue weighted by atomic mass is 10.3. The molecule has 0 saturated heterocycles. The molecular formula is C11H20BrN5. The highest BCUT2D eigenvalue weighted by molar-refractivity contribution is 9.10. The van der Waals surface area contributed by atoms with Crippen LogP contribution in [-0.4, -0.2) is 49.1 Å². The average Bonchev–Trinajstić information content (AvgIpc) is 2.30. The van der Waals surface area contributed by atoms with Crippen LogP contribution in [0.3, 0.4) is 0 Å². The quantitative estimate of drug-likeness (QED) is 0.755. The van der Waals surface area contributed by atoms with Crippen molar-refractivity contribution in [1.82, 2.24) is 14.9 Å². The van der Waals surface area contributed by atoms with E-state index >= 15 is 0 Å². The summed E-state index contributed by atoms with van der Waals surface area (Å²) in [5.41, 5.74) is 0. The Bertz CT molecular complexity index is 343. The number of aromatic nitrogens is 2. The molecule has 1 heterocycles. The van der Waals surface area contributed by atoms with Gasteiger partial charge >= 0.3 is 0 Å². The Morgan fingerprint density at radius 1 is 1.35 bits per heavy atom. The predicted molar refractivity (Wildman–Crippen MR) is 75.6 cm³/mol. The van der Waals surface area contributed by atoms with Crippen LogP contribution in [0.2, 0.25) is 0 Å². The molecule has 1 aromatic rings. The van der Waals surface area contributed by atoms with Crippen molar-refractivity contribution in [3.05, 3.63) is 10.7 Å². The molecule has 0 fully saturated rings. The molecule has 0 amide bonds. The van der Waals surface area contributed by atoms with E-state index in [4.69, 9.17) is 0 Å². The molecule has 0 aromatic carbocycles. The highest BCUT2D eigenvalue weighted by Gasteiger charge is 2.03. The summed E-state index contributed by atoms with van der Waals surface area (Å²) in [5.74, 6) is 1.47. The van der Waals surface area contributed by atoms with E-state index in [1.54, 1.807) is 6.20 Å². The van der Waals surface area contributed by atoms with Crippen molar-refractivity contribution in [3.63, 3.8) is 0 Å². The second-order valence-electron chi connectivity index (χ2n) is 4.08. The maximum absolute atomic E-state index is 4.33. The van der Waals surface area contributed by atoms with Crippen LogP contribution in [0.25, 0.3) is 0 Å².